The van der Waals surface area contributed by atoms with E-state index in [1.165, 1.54) is 6.07 Å². The van der Waals surface area contributed by atoms with Crippen LogP contribution in [0, 0.1) is 11.7 Å². The molecule has 15 nitrogen and oxygen atoms in total. The zero-order valence-electron chi connectivity index (χ0n) is 34.0. The number of nitrogens with one attached hydrogen (secondary N) is 2. The number of halogens is 1. The van der Waals surface area contributed by atoms with E-state index in [0.29, 0.717) is 68.7 Å². The molecule has 0 aliphatic carbocycles. The van der Waals surface area contributed by atoms with Gasteiger partial charge in [-0.1, -0.05) is 19.1 Å². The van der Waals surface area contributed by atoms with E-state index in [2.05, 4.69) is 67.3 Å². The van der Waals surface area contributed by atoms with E-state index in [1.54, 1.807) is 17.0 Å². The zero-order valence-corrected chi connectivity index (χ0v) is 34.0. The van der Waals surface area contributed by atoms with Crippen molar-refractivity contribution in [2.75, 3.05) is 80.6 Å². The molecule has 3 N–H and O–H groups in total. The van der Waals surface area contributed by atoms with Crippen molar-refractivity contribution >= 4 is 40.9 Å². The molecule has 0 saturated carbocycles. The maximum absolute atomic E-state index is 14.4. The number of piperidine rings is 2. The lowest BCUT2D eigenvalue weighted by atomic mass is 9.87. The normalized spacial score (nSPS) is 24.7. The van der Waals surface area contributed by atoms with E-state index in [-0.39, 0.29) is 40.9 Å². The number of para-hydroxylation sites is 1. The summed E-state index contributed by atoms with van der Waals surface area (Å²) in [6.45, 7) is 14.2. The lowest BCUT2D eigenvalue weighted by molar-refractivity contribution is -0.136. The molecule has 5 amide bonds. The van der Waals surface area contributed by atoms with Crippen LogP contribution in [0.4, 0.5) is 26.4 Å². The van der Waals surface area contributed by atoms with Crippen molar-refractivity contribution in [2.45, 2.75) is 76.5 Å². The first-order chi connectivity index (χ1) is 28.3. The van der Waals surface area contributed by atoms with E-state index in [0.717, 1.165) is 68.9 Å². The van der Waals surface area contributed by atoms with Crippen LogP contribution >= 0.6 is 0 Å². The average Bonchev–Trinajstić information content (AvgIpc) is 3.55. The first-order valence-electron chi connectivity index (χ1n) is 21.0. The van der Waals surface area contributed by atoms with Gasteiger partial charge in [-0.05, 0) is 81.3 Å². The van der Waals surface area contributed by atoms with E-state index < -0.39 is 23.5 Å². The van der Waals surface area contributed by atoms with E-state index >= 15 is 0 Å². The fraction of sp³-hybridized carbons (Fsp3) is 0.535. The Morgan fingerprint density at radius 2 is 1.76 bits per heavy atom. The van der Waals surface area contributed by atoms with Gasteiger partial charge in [0.2, 0.25) is 11.8 Å². The standard InChI is InChI=1S/C43H53FN10O5/c1-4-43-24-45-38-35(21-33(47-48-38)30-6-5-7-32(44)37(30)56)53(43)19-17-51(26-43)41(59)54-18-16-49(25-42(54,2)3)22-27-12-14-50(15-13-27)29-9-8-28-23-52(40(58)31(28)20-29)34-10-11-36(55)46-39(34)57/h5-9,20-21,27,34,56H,4,10-19,22-26H2,1-3H3,(H,45,48)(H,46,55,57)/t34-,43-/m1/s1. The van der Waals surface area contributed by atoms with Crippen LogP contribution in [-0.2, 0) is 16.1 Å². The second kappa shape index (κ2) is 14.9. The maximum atomic E-state index is 14.4. The third kappa shape index (κ3) is 6.98. The van der Waals surface area contributed by atoms with Gasteiger partial charge in [0.05, 0.1) is 22.5 Å². The third-order valence-corrected chi connectivity index (χ3v) is 13.7. The van der Waals surface area contributed by atoms with Gasteiger partial charge in [-0.3, -0.25) is 24.6 Å². The Labute approximate surface area is 343 Å². The lowest BCUT2D eigenvalue weighted by Crippen LogP contribution is -2.71. The van der Waals surface area contributed by atoms with Gasteiger partial charge in [-0.2, -0.15) is 0 Å². The molecule has 0 radical (unpaired) electrons. The Hall–Kier alpha value is -5.51. The van der Waals surface area contributed by atoms with Crippen LogP contribution in [0.5, 0.6) is 5.75 Å². The summed E-state index contributed by atoms with van der Waals surface area (Å²) in [4.78, 5) is 64.8. The molecule has 1 aromatic heterocycles. The molecule has 0 spiro atoms. The molecule has 4 saturated heterocycles. The first-order valence-corrected chi connectivity index (χ1v) is 21.0. The number of benzene rings is 2. The number of phenols is 1. The Kier molecular flexibility index (Phi) is 9.87. The van der Waals surface area contributed by atoms with Crippen molar-refractivity contribution in [1.82, 2.24) is 35.1 Å². The van der Waals surface area contributed by atoms with Gasteiger partial charge < -0.3 is 34.9 Å². The maximum Gasteiger partial charge on any atom is 0.320 e. The molecule has 6 aliphatic rings. The number of urea groups is 1. The predicted molar refractivity (Wildman–Crippen MR) is 220 cm³/mol. The number of anilines is 3. The van der Waals surface area contributed by atoms with Crippen molar-refractivity contribution in [2.24, 2.45) is 5.92 Å². The summed E-state index contributed by atoms with van der Waals surface area (Å²) in [5.74, 6) is -0.835. The quantitative estimate of drug-likeness (QED) is 0.311. The molecule has 0 bridgehead atoms. The second-order valence-corrected chi connectivity index (χ2v) is 17.8. The minimum atomic E-state index is -0.712. The van der Waals surface area contributed by atoms with Crippen molar-refractivity contribution in [1.29, 1.82) is 0 Å². The van der Waals surface area contributed by atoms with Crippen molar-refractivity contribution in [3.63, 3.8) is 0 Å². The number of hydrogen-bond donors (Lipinski definition) is 3. The summed E-state index contributed by atoms with van der Waals surface area (Å²) in [5, 5.41) is 24.9. The van der Waals surface area contributed by atoms with Gasteiger partial charge in [-0.15, -0.1) is 10.2 Å². The highest BCUT2D eigenvalue weighted by atomic mass is 19.1. The number of phenolic OH excluding ortho intramolecular Hbond substituents is 1. The lowest BCUT2D eigenvalue weighted by Gasteiger charge is -2.56. The molecule has 2 aromatic carbocycles. The predicted octanol–water partition coefficient (Wildman–Crippen LogP) is 3.88. The zero-order chi connectivity index (χ0) is 41.2. The molecular weight excluding hydrogens is 756 g/mol. The van der Waals surface area contributed by atoms with Crippen LogP contribution in [0.1, 0.15) is 68.8 Å². The minimum absolute atomic E-state index is 0.0625. The van der Waals surface area contributed by atoms with E-state index in [4.69, 9.17) is 0 Å². The van der Waals surface area contributed by atoms with E-state index in [9.17, 15) is 28.7 Å². The third-order valence-electron chi connectivity index (χ3n) is 13.7. The molecule has 0 unspecified atom stereocenters. The molecule has 4 fully saturated rings. The number of fused-ring (bicyclic) bond motifs is 4. The molecule has 7 heterocycles. The first kappa shape index (κ1) is 39.0. The number of aromatic hydroxyl groups is 1. The highest BCUT2D eigenvalue weighted by Crippen LogP contribution is 2.42. The number of amides is 5. The molecule has 312 valence electrons. The number of aromatic nitrogens is 2. The van der Waals surface area contributed by atoms with Crippen LogP contribution in [-0.4, -0.2) is 141 Å². The average molecular weight is 809 g/mol. The highest BCUT2D eigenvalue weighted by Gasteiger charge is 2.48. The summed E-state index contributed by atoms with van der Waals surface area (Å²) in [6, 6.07) is 11.7. The number of piperazine rings is 2. The molecule has 3 aromatic rings. The van der Waals surface area contributed by atoms with Gasteiger partial charge in [0, 0.05) is 95.2 Å². The fourth-order valence-corrected chi connectivity index (χ4v) is 10.3. The summed E-state index contributed by atoms with van der Waals surface area (Å²) in [7, 11) is 0. The largest absolute Gasteiger partial charge is 0.504 e. The van der Waals surface area contributed by atoms with Gasteiger partial charge in [-0.25, -0.2) is 9.18 Å². The molecule has 6 aliphatic heterocycles. The fourth-order valence-electron chi connectivity index (χ4n) is 10.3. The summed E-state index contributed by atoms with van der Waals surface area (Å²) < 4.78 is 14.2. The molecule has 2 atom stereocenters. The molecule has 59 heavy (non-hydrogen) atoms. The Morgan fingerprint density at radius 3 is 2.53 bits per heavy atom. The van der Waals surface area contributed by atoms with Gasteiger partial charge in [0.1, 0.15) is 6.04 Å². The van der Waals surface area contributed by atoms with Crippen molar-refractivity contribution in [3.05, 3.63) is 59.4 Å². The molecule has 9 rings (SSSR count). The van der Waals surface area contributed by atoms with Crippen molar-refractivity contribution in [3.8, 4) is 17.0 Å². The number of carbonyl (C=O) groups excluding carboxylic acids is 4. The Morgan fingerprint density at radius 1 is 0.949 bits per heavy atom. The Balaban J connectivity index is 0.792. The van der Waals surface area contributed by atoms with Crippen LogP contribution in [0.25, 0.3) is 11.3 Å². The second-order valence-electron chi connectivity index (χ2n) is 17.8. The monoisotopic (exact) mass is 808 g/mol. The van der Waals surface area contributed by atoms with Crippen LogP contribution in [0.15, 0.2) is 42.5 Å². The number of nitrogens with zero attached hydrogens (tertiary/aromatic N) is 8. The Bertz CT molecular complexity index is 2200. The van der Waals surface area contributed by atoms with E-state index in [1.807, 2.05) is 23.1 Å². The number of imide groups is 1. The minimum Gasteiger partial charge on any atom is -0.504 e. The number of hydrogen-bond acceptors (Lipinski definition) is 11. The topological polar surface area (TPSA) is 158 Å². The SMILES string of the molecule is CC[C@]12CNc3nnc(-c4cccc(F)c4O)cc3N1CCN(C(=O)N1CCN(CC3CCN(c4ccc5c(c4)C(=O)N([C@@H]4CCC(=O)NC4=O)C5)CC3)CC1(C)C)C2. The molecular formula is C43H53FN10O5. The van der Waals surface area contributed by atoms with Crippen LogP contribution in [0.3, 0.4) is 0 Å². The van der Waals surface area contributed by atoms with Crippen LogP contribution < -0.4 is 20.4 Å². The summed E-state index contributed by atoms with van der Waals surface area (Å²) in [6.07, 6.45) is 3.44. The number of rotatable bonds is 6. The highest BCUT2D eigenvalue weighted by molar-refractivity contribution is 6.05. The van der Waals surface area contributed by atoms with Gasteiger partial charge >= 0.3 is 6.03 Å². The molecule has 16 heteroatoms. The van der Waals surface area contributed by atoms with Crippen molar-refractivity contribution < 1.29 is 28.7 Å². The van der Waals surface area contributed by atoms with Crippen LogP contribution in [0.2, 0.25) is 0 Å². The van der Waals surface area contributed by atoms with Gasteiger partial charge in [0.25, 0.3) is 5.91 Å². The van der Waals surface area contributed by atoms with Gasteiger partial charge in [0.15, 0.2) is 17.4 Å². The number of carbonyl (C=O) groups is 4. The summed E-state index contributed by atoms with van der Waals surface area (Å²) >= 11 is 0. The smallest absolute Gasteiger partial charge is 0.320 e. The summed E-state index contributed by atoms with van der Waals surface area (Å²) in [5.41, 5.74) is 3.34.